The first-order chi connectivity index (χ1) is 14.6. The summed E-state index contributed by atoms with van der Waals surface area (Å²) in [4.78, 5) is 9.70. The summed E-state index contributed by atoms with van der Waals surface area (Å²) in [5.41, 5.74) is 0.996. The van der Waals surface area contributed by atoms with Crippen LogP contribution in [0.25, 0.3) is 0 Å². The van der Waals surface area contributed by atoms with Crippen molar-refractivity contribution in [1.29, 1.82) is 0 Å². The molecule has 1 heterocycles. The van der Waals surface area contributed by atoms with Crippen molar-refractivity contribution in [3.8, 4) is 17.2 Å². The highest BCUT2D eigenvalue weighted by Gasteiger charge is 2.13. The molecule has 0 saturated carbocycles. The monoisotopic (exact) mass is 549 g/mol. The van der Waals surface area contributed by atoms with Crippen molar-refractivity contribution >= 4 is 29.9 Å². The second-order valence-corrected chi connectivity index (χ2v) is 7.51. The number of likely N-dealkylation sites (N-methyl/N-ethyl adjacent to an activating group) is 1. The summed E-state index contributed by atoms with van der Waals surface area (Å²) in [5, 5.41) is 6.77. The lowest BCUT2D eigenvalue weighted by Crippen LogP contribution is -2.39. The number of aliphatic imine (C=N–C) groups is 1. The number of hydrogen-bond donors (Lipinski definition) is 2. The molecule has 1 aliphatic rings. The van der Waals surface area contributed by atoms with Crippen LogP contribution in [0.5, 0.6) is 17.2 Å². The van der Waals surface area contributed by atoms with Crippen LogP contribution in [0.2, 0.25) is 0 Å². The van der Waals surface area contributed by atoms with Crippen LogP contribution in [0.4, 0.5) is 0 Å². The van der Waals surface area contributed by atoms with Gasteiger partial charge in [-0.25, -0.2) is 4.99 Å². The highest BCUT2D eigenvalue weighted by atomic mass is 127. The molecular weight excluding hydrogens is 509 g/mol. The zero-order valence-electron chi connectivity index (χ0n) is 19.7. The summed E-state index contributed by atoms with van der Waals surface area (Å²) in [6, 6.07) is 3.87. The summed E-state index contributed by atoms with van der Waals surface area (Å²) >= 11 is 0. The van der Waals surface area contributed by atoms with E-state index >= 15 is 0 Å². The molecule has 2 N–H and O–H groups in total. The van der Waals surface area contributed by atoms with E-state index < -0.39 is 0 Å². The minimum atomic E-state index is 0. The van der Waals surface area contributed by atoms with E-state index in [0.29, 0.717) is 23.8 Å². The second kappa shape index (κ2) is 15.4. The van der Waals surface area contributed by atoms with Gasteiger partial charge >= 0.3 is 0 Å². The molecule has 0 aromatic heterocycles. The van der Waals surface area contributed by atoms with Gasteiger partial charge in [-0.1, -0.05) is 0 Å². The lowest BCUT2D eigenvalue weighted by molar-refractivity contribution is 0.274. The quantitative estimate of drug-likeness (QED) is 0.201. The first-order valence-corrected chi connectivity index (χ1v) is 10.8. The van der Waals surface area contributed by atoms with Crippen LogP contribution < -0.4 is 24.8 Å². The fourth-order valence-electron chi connectivity index (χ4n) is 3.57. The van der Waals surface area contributed by atoms with Gasteiger partial charge in [0.05, 0.1) is 27.9 Å². The SMILES string of the molecule is CCNC(=NCc1cc(OC)c(OC)c(OC)c1)NCCCN1CCCN(C)CC1.I. The van der Waals surface area contributed by atoms with Gasteiger partial charge in [-0.05, 0) is 64.1 Å². The van der Waals surface area contributed by atoms with Gasteiger partial charge in [-0.2, -0.15) is 0 Å². The maximum atomic E-state index is 5.43. The Balaban J connectivity index is 0.00000480. The van der Waals surface area contributed by atoms with Gasteiger partial charge in [-0.15, -0.1) is 24.0 Å². The lowest BCUT2D eigenvalue weighted by Gasteiger charge is -2.20. The van der Waals surface area contributed by atoms with Crippen LogP contribution in [0, 0.1) is 0 Å². The average molecular weight is 549 g/mol. The van der Waals surface area contributed by atoms with Gasteiger partial charge in [0.1, 0.15) is 0 Å². The number of nitrogens with zero attached hydrogens (tertiary/aromatic N) is 3. The Kier molecular flexibility index (Phi) is 13.7. The molecule has 0 radical (unpaired) electrons. The Hall–Kier alpha value is -1.46. The van der Waals surface area contributed by atoms with E-state index in [1.54, 1.807) is 21.3 Å². The number of halogens is 1. The minimum absolute atomic E-state index is 0. The smallest absolute Gasteiger partial charge is 0.203 e. The molecule has 1 fully saturated rings. The molecular formula is C22H40IN5O3. The van der Waals surface area contributed by atoms with Gasteiger partial charge in [0.2, 0.25) is 5.75 Å². The van der Waals surface area contributed by atoms with E-state index in [2.05, 4.69) is 34.4 Å². The number of ether oxygens (including phenoxy) is 3. The third-order valence-electron chi connectivity index (χ3n) is 5.24. The van der Waals surface area contributed by atoms with E-state index in [9.17, 15) is 0 Å². The van der Waals surface area contributed by atoms with Crippen LogP contribution in [0.15, 0.2) is 17.1 Å². The molecule has 0 atom stereocenters. The van der Waals surface area contributed by atoms with Crippen molar-refractivity contribution in [2.75, 3.05) is 74.2 Å². The van der Waals surface area contributed by atoms with Gasteiger partial charge in [0.15, 0.2) is 17.5 Å². The van der Waals surface area contributed by atoms with Gasteiger partial charge in [-0.3, -0.25) is 0 Å². The standard InChI is InChI=1S/C22H39N5O3.HI/c1-6-23-22(24-9-7-11-27-12-8-10-26(2)13-14-27)25-17-18-15-19(28-3)21(30-5)20(16-18)29-4;/h15-16H,6-14,17H2,1-5H3,(H2,23,24,25);1H. The average Bonchev–Trinajstić information content (AvgIpc) is 2.97. The summed E-state index contributed by atoms with van der Waals surface area (Å²) in [6.45, 7) is 10.1. The first-order valence-electron chi connectivity index (χ1n) is 10.8. The van der Waals surface area contributed by atoms with Crippen molar-refractivity contribution < 1.29 is 14.2 Å². The highest BCUT2D eigenvalue weighted by Crippen LogP contribution is 2.38. The largest absolute Gasteiger partial charge is 0.493 e. The molecule has 9 heteroatoms. The molecule has 8 nitrogen and oxygen atoms in total. The maximum absolute atomic E-state index is 5.43. The molecule has 1 aromatic carbocycles. The Morgan fingerprint density at radius 2 is 1.71 bits per heavy atom. The van der Waals surface area contributed by atoms with Crippen LogP contribution >= 0.6 is 24.0 Å². The Bertz CT molecular complexity index is 650. The van der Waals surface area contributed by atoms with E-state index in [4.69, 9.17) is 19.2 Å². The van der Waals surface area contributed by atoms with Gasteiger partial charge < -0.3 is 34.6 Å². The van der Waals surface area contributed by atoms with E-state index in [1.807, 2.05) is 12.1 Å². The molecule has 0 spiro atoms. The number of benzene rings is 1. The number of nitrogens with one attached hydrogen (secondary N) is 2. The van der Waals surface area contributed by atoms with E-state index in [-0.39, 0.29) is 24.0 Å². The number of rotatable bonds is 10. The van der Waals surface area contributed by atoms with Crippen LogP contribution in [0.1, 0.15) is 25.3 Å². The zero-order valence-corrected chi connectivity index (χ0v) is 22.0. The topological polar surface area (TPSA) is 70.6 Å². The summed E-state index contributed by atoms with van der Waals surface area (Å²) in [6.07, 6.45) is 2.35. The van der Waals surface area contributed by atoms with Crippen molar-refractivity contribution in [1.82, 2.24) is 20.4 Å². The Morgan fingerprint density at radius 1 is 1.00 bits per heavy atom. The number of methoxy groups -OCH3 is 3. The number of guanidine groups is 1. The molecule has 0 unspecified atom stereocenters. The number of hydrogen-bond acceptors (Lipinski definition) is 6. The van der Waals surface area contributed by atoms with Crippen molar-refractivity contribution in [3.05, 3.63) is 17.7 Å². The fraction of sp³-hybridized carbons (Fsp3) is 0.682. The van der Waals surface area contributed by atoms with Crippen molar-refractivity contribution in [2.24, 2.45) is 4.99 Å². The Labute approximate surface area is 204 Å². The predicted molar refractivity (Wildman–Crippen MR) is 138 cm³/mol. The molecule has 1 saturated heterocycles. The summed E-state index contributed by atoms with van der Waals surface area (Å²) in [7, 11) is 7.06. The molecule has 1 aliphatic heterocycles. The molecule has 2 rings (SSSR count). The molecule has 31 heavy (non-hydrogen) atoms. The fourth-order valence-corrected chi connectivity index (χ4v) is 3.57. The molecule has 0 aliphatic carbocycles. The maximum Gasteiger partial charge on any atom is 0.203 e. The normalized spacial score (nSPS) is 15.6. The second-order valence-electron chi connectivity index (χ2n) is 7.51. The third kappa shape index (κ3) is 9.28. The van der Waals surface area contributed by atoms with Crippen molar-refractivity contribution in [3.63, 3.8) is 0 Å². The van der Waals surface area contributed by atoms with E-state index in [0.717, 1.165) is 50.7 Å². The Morgan fingerprint density at radius 3 is 2.32 bits per heavy atom. The zero-order chi connectivity index (χ0) is 21.8. The van der Waals surface area contributed by atoms with Crippen LogP contribution in [-0.2, 0) is 6.54 Å². The summed E-state index contributed by atoms with van der Waals surface area (Å²) < 4.78 is 16.3. The van der Waals surface area contributed by atoms with Gasteiger partial charge in [0, 0.05) is 26.2 Å². The van der Waals surface area contributed by atoms with E-state index in [1.165, 1.54) is 19.5 Å². The van der Waals surface area contributed by atoms with Crippen LogP contribution in [0.3, 0.4) is 0 Å². The molecule has 1 aromatic rings. The lowest BCUT2D eigenvalue weighted by atomic mass is 10.2. The van der Waals surface area contributed by atoms with Crippen molar-refractivity contribution in [2.45, 2.75) is 26.3 Å². The third-order valence-corrected chi connectivity index (χ3v) is 5.24. The first kappa shape index (κ1) is 27.6. The molecule has 0 bridgehead atoms. The minimum Gasteiger partial charge on any atom is -0.493 e. The predicted octanol–water partition coefficient (Wildman–Crippen LogP) is 2.41. The molecule has 178 valence electrons. The van der Waals surface area contributed by atoms with Gasteiger partial charge in [0.25, 0.3) is 0 Å². The molecule has 0 amide bonds. The highest BCUT2D eigenvalue weighted by molar-refractivity contribution is 14.0. The summed E-state index contributed by atoms with van der Waals surface area (Å²) in [5.74, 6) is 2.70. The van der Waals surface area contributed by atoms with Crippen LogP contribution in [-0.4, -0.2) is 89.9 Å².